The first-order valence-electron chi connectivity index (χ1n) is 14.1. The van der Waals surface area contributed by atoms with Gasteiger partial charge in [0.1, 0.15) is 29.6 Å². The third-order valence-corrected chi connectivity index (χ3v) is 8.66. The number of aromatic nitrogens is 5. The molecule has 0 radical (unpaired) electrons. The molecule has 46 heavy (non-hydrogen) atoms. The highest BCUT2D eigenvalue weighted by Crippen LogP contribution is 2.41. The van der Waals surface area contributed by atoms with Gasteiger partial charge < -0.3 is 14.9 Å². The third kappa shape index (κ3) is 6.62. The summed E-state index contributed by atoms with van der Waals surface area (Å²) in [5.41, 5.74) is 0.0148. The van der Waals surface area contributed by atoms with Crippen LogP contribution in [0.15, 0.2) is 78.8 Å². The Morgan fingerprint density at radius 2 is 1.98 bits per heavy atom. The SMILES string of the molecule is CC(OC(=O)N(C)c1ncccc1CO)[n+]1cnn(C[C@](O)(c2cc(F)ccc2F)[C@@H](C)c2nc(-c3ccc(C#N)cc3)cs2)c1. The molecule has 5 rings (SSSR count). The van der Waals surface area contributed by atoms with Crippen molar-refractivity contribution in [2.75, 3.05) is 11.9 Å². The summed E-state index contributed by atoms with van der Waals surface area (Å²) >= 11 is 1.25. The fraction of sp³-hybridized carbons (Fsp3) is 0.250. The number of benzene rings is 2. The minimum Gasteiger partial charge on any atom is -0.412 e. The number of ether oxygens (including phenoxy) is 1. The van der Waals surface area contributed by atoms with Crippen LogP contribution in [-0.4, -0.2) is 43.1 Å². The zero-order valence-electron chi connectivity index (χ0n) is 25.1. The first-order chi connectivity index (χ1) is 22.0. The highest BCUT2D eigenvalue weighted by atomic mass is 32.1. The number of hydrogen-bond donors (Lipinski definition) is 2. The zero-order valence-corrected chi connectivity index (χ0v) is 25.9. The second-order valence-corrected chi connectivity index (χ2v) is 11.5. The van der Waals surface area contributed by atoms with Crippen molar-refractivity contribution >= 4 is 23.2 Å². The summed E-state index contributed by atoms with van der Waals surface area (Å²) in [5.74, 6) is -2.12. The van der Waals surface area contributed by atoms with Crippen molar-refractivity contribution in [1.29, 1.82) is 5.26 Å². The molecule has 0 aliphatic heterocycles. The first-order valence-corrected chi connectivity index (χ1v) is 15.0. The molecule has 0 aliphatic rings. The van der Waals surface area contributed by atoms with E-state index >= 15 is 4.39 Å². The van der Waals surface area contributed by atoms with Crippen molar-refractivity contribution < 1.29 is 33.1 Å². The van der Waals surface area contributed by atoms with Gasteiger partial charge in [0.15, 0.2) is 0 Å². The normalized spacial score (nSPS) is 13.8. The molecule has 2 aromatic carbocycles. The number of aliphatic hydroxyl groups excluding tert-OH is 1. The molecule has 0 spiro atoms. The Bertz CT molecular complexity index is 1890. The second-order valence-electron chi connectivity index (χ2n) is 10.6. The molecule has 3 heterocycles. The molecular weight excluding hydrogens is 616 g/mol. The average molecular weight is 647 g/mol. The van der Waals surface area contributed by atoms with Crippen LogP contribution in [0.2, 0.25) is 0 Å². The Labute approximate surface area is 267 Å². The van der Waals surface area contributed by atoms with Gasteiger partial charge >= 0.3 is 6.09 Å². The monoisotopic (exact) mass is 646 g/mol. The molecule has 5 aromatic rings. The van der Waals surface area contributed by atoms with Gasteiger partial charge in [0, 0.05) is 53.3 Å². The molecule has 1 amide bonds. The molecule has 0 fully saturated rings. The highest BCUT2D eigenvalue weighted by Gasteiger charge is 2.43. The van der Waals surface area contributed by atoms with Crippen LogP contribution < -0.4 is 9.47 Å². The number of rotatable bonds is 10. The van der Waals surface area contributed by atoms with Crippen LogP contribution in [0.1, 0.15) is 47.7 Å². The number of hydrogen-bond acceptors (Lipinski definition) is 9. The van der Waals surface area contributed by atoms with Crippen molar-refractivity contribution in [3.05, 3.63) is 112 Å². The van der Waals surface area contributed by atoms with Crippen LogP contribution in [-0.2, 0) is 23.5 Å². The van der Waals surface area contributed by atoms with Gasteiger partial charge in [0.2, 0.25) is 12.6 Å². The van der Waals surface area contributed by atoms with E-state index in [1.165, 1.54) is 51.4 Å². The summed E-state index contributed by atoms with van der Waals surface area (Å²) in [4.78, 5) is 22.9. The smallest absolute Gasteiger partial charge is 0.412 e. The molecule has 2 N–H and O–H groups in total. The maximum Gasteiger partial charge on any atom is 0.418 e. The number of carbonyl (C=O) groups is 1. The second kappa shape index (κ2) is 13.5. The van der Waals surface area contributed by atoms with Crippen LogP contribution in [0.3, 0.4) is 0 Å². The minimum absolute atomic E-state index is 0.239. The quantitative estimate of drug-likeness (QED) is 0.206. The Morgan fingerprint density at radius 3 is 2.70 bits per heavy atom. The first kappa shape index (κ1) is 32.3. The predicted octanol–water partition coefficient (Wildman–Crippen LogP) is 4.81. The van der Waals surface area contributed by atoms with E-state index in [4.69, 9.17) is 10.00 Å². The molecule has 0 saturated heterocycles. The zero-order chi connectivity index (χ0) is 33.0. The Morgan fingerprint density at radius 1 is 1.22 bits per heavy atom. The van der Waals surface area contributed by atoms with Gasteiger partial charge in [-0.3, -0.25) is 4.90 Å². The number of halogens is 2. The number of pyridine rings is 1. The molecule has 236 valence electrons. The lowest BCUT2D eigenvalue weighted by Gasteiger charge is -2.32. The van der Waals surface area contributed by atoms with Gasteiger partial charge in [-0.15, -0.1) is 16.0 Å². The van der Waals surface area contributed by atoms with Crippen molar-refractivity contribution in [2.45, 2.75) is 44.7 Å². The molecule has 0 saturated carbocycles. The molecule has 14 heteroatoms. The Kier molecular flexibility index (Phi) is 9.47. The van der Waals surface area contributed by atoms with E-state index in [9.17, 15) is 19.4 Å². The van der Waals surface area contributed by atoms with Crippen molar-refractivity contribution in [1.82, 2.24) is 19.7 Å². The van der Waals surface area contributed by atoms with E-state index in [0.717, 1.165) is 23.8 Å². The van der Waals surface area contributed by atoms with Crippen molar-refractivity contribution in [3.63, 3.8) is 0 Å². The van der Waals surface area contributed by atoms with E-state index in [2.05, 4.69) is 21.1 Å². The van der Waals surface area contributed by atoms with E-state index in [-0.39, 0.29) is 24.5 Å². The largest absolute Gasteiger partial charge is 0.418 e. The van der Waals surface area contributed by atoms with Gasteiger partial charge in [-0.2, -0.15) is 9.83 Å². The number of thiazole rings is 1. The lowest BCUT2D eigenvalue weighted by Crippen LogP contribution is -2.42. The highest BCUT2D eigenvalue weighted by molar-refractivity contribution is 7.10. The maximum absolute atomic E-state index is 15.2. The van der Waals surface area contributed by atoms with Gasteiger partial charge in [-0.25, -0.2) is 23.5 Å². The van der Waals surface area contributed by atoms with Crippen LogP contribution in [0.25, 0.3) is 11.3 Å². The Balaban J connectivity index is 1.40. The molecular formula is C32H30F2N7O4S+. The molecule has 0 aliphatic carbocycles. The van der Waals surface area contributed by atoms with Gasteiger partial charge in [0.25, 0.3) is 6.33 Å². The molecule has 3 aromatic heterocycles. The summed E-state index contributed by atoms with van der Waals surface area (Å²) in [7, 11) is 1.46. The average Bonchev–Trinajstić information content (AvgIpc) is 3.75. The number of nitrogens with zero attached hydrogens (tertiary/aromatic N) is 7. The van der Waals surface area contributed by atoms with E-state index in [0.29, 0.717) is 21.8 Å². The number of amides is 1. The summed E-state index contributed by atoms with van der Waals surface area (Å²) in [6, 6.07) is 15.1. The summed E-state index contributed by atoms with van der Waals surface area (Å²) in [6.45, 7) is 2.65. The van der Waals surface area contributed by atoms with Gasteiger partial charge in [0.05, 0.1) is 28.9 Å². The van der Waals surface area contributed by atoms with E-state index < -0.39 is 35.5 Å². The number of aliphatic hydroxyl groups is 2. The summed E-state index contributed by atoms with van der Waals surface area (Å²) < 4.78 is 38.0. The number of carbonyl (C=O) groups excluding carboxylic acids is 1. The topological polar surface area (TPSA) is 141 Å². The van der Waals surface area contributed by atoms with Gasteiger partial charge in [-0.05, 0) is 36.4 Å². The van der Waals surface area contributed by atoms with Crippen LogP contribution in [0, 0.1) is 23.0 Å². The summed E-state index contributed by atoms with van der Waals surface area (Å²) in [6.07, 6.45) is 2.72. The van der Waals surface area contributed by atoms with Crippen LogP contribution in [0.5, 0.6) is 0 Å². The third-order valence-electron chi connectivity index (χ3n) is 7.64. The van der Waals surface area contributed by atoms with Crippen LogP contribution in [0.4, 0.5) is 19.4 Å². The van der Waals surface area contributed by atoms with Crippen LogP contribution >= 0.6 is 11.3 Å². The number of anilines is 1. The molecule has 1 unspecified atom stereocenters. The lowest BCUT2D eigenvalue weighted by molar-refractivity contribution is -0.753. The Hall–Kier alpha value is -5.10. The molecule has 11 nitrogen and oxygen atoms in total. The minimum atomic E-state index is -2.02. The molecule has 3 atom stereocenters. The fourth-order valence-corrected chi connectivity index (χ4v) is 5.88. The van der Waals surface area contributed by atoms with Crippen molar-refractivity contribution in [3.8, 4) is 17.3 Å². The van der Waals surface area contributed by atoms with Crippen molar-refractivity contribution in [2.24, 2.45) is 0 Å². The summed E-state index contributed by atoms with van der Waals surface area (Å²) in [5, 5.41) is 37.4. The number of nitriles is 1. The predicted molar refractivity (Wildman–Crippen MR) is 163 cm³/mol. The van der Waals surface area contributed by atoms with Gasteiger partial charge in [-0.1, -0.05) is 25.1 Å². The van der Waals surface area contributed by atoms with E-state index in [1.807, 2.05) is 0 Å². The molecule has 0 bridgehead atoms. The lowest BCUT2D eigenvalue weighted by atomic mass is 9.82. The maximum atomic E-state index is 15.2. The van der Waals surface area contributed by atoms with E-state index in [1.54, 1.807) is 55.6 Å². The standard InChI is InChI=1S/C32H30F2N7O4S/c1-20(30-38-28(16-46-30)23-8-6-22(14-35)7-9-23)32(44,26-13-25(33)10-11-27(26)34)17-41-19-40(18-37-41)21(2)45-31(43)39(3)29-24(15-42)5-4-12-36-29/h4-13,16,18-21,42,44H,15,17H2,1-3H3/q+1/t20-,21?,32+/m0/s1. The fourth-order valence-electron chi connectivity index (χ4n) is 4.91.